The van der Waals surface area contributed by atoms with E-state index in [-0.39, 0.29) is 17.3 Å². The van der Waals surface area contributed by atoms with Crippen LogP contribution in [-0.4, -0.2) is 11.1 Å². The summed E-state index contributed by atoms with van der Waals surface area (Å²) in [7, 11) is 0. The Kier molecular flexibility index (Phi) is 5.49. The SMILES string of the molecule is Cc1cccc(OCc2c(C(=O)Nc3cccc(Cl)c3Cl)noc2C)c1. The molecule has 1 heterocycles. The first kappa shape index (κ1) is 18.3. The molecular formula is C19H16Cl2N2O3. The van der Waals surface area contributed by atoms with Gasteiger partial charge in [0.1, 0.15) is 18.1 Å². The van der Waals surface area contributed by atoms with Gasteiger partial charge < -0.3 is 14.6 Å². The molecule has 3 rings (SSSR count). The summed E-state index contributed by atoms with van der Waals surface area (Å²) in [6, 6.07) is 12.6. The summed E-state index contributed by atoms with van der Waals surface area (Å²) < 4.78 is 10.9. The second-order valence-corrected chi connectivity index (χ2v) is 6.51. The lowest BCUT2D eigenvalue weighted by Gasteiger charge is -2.09. The lowest BCUT2D eigenvalue weighted by Crippen LogP contribution is -2.15. The summed E-state index contributed by atoms with van der Waals surface area (Å²) >= 11 is 12.1. The summed E-state index contributed by atoms with van der Waals surface area (Å²) in [6.45, 7) is 3.86. The largest absolute Gasteiger partial charge is 0.489 e. The van der Waals surface area contributed by atoms with Crippen LogP contribution in [0.25, 0.3) is 0 Å². The predicted molar refractivity (Wildman–Crippen MR) is 101 cm³/mol. The first-order valence-corrected chi connectivity index (χ1v) is 8.61. The van der Waals surface area contributed by atoms with E-state index in [0.717, 1.165) is 5.56 Å². The van der Waals surface area contributed by atoms with Crippen molar-refractivity contribution in [3.63, 3.8) is 0 Å². The number of halogens is 2. The van der Waals surface area contributed by atoms with Gasteiger partial charge in [0.2, 0.25) is 0 Å². The highest BCUT2D eigenvalue weighted by Gasteiger charge is 2.21. The van der Waals surface area contributed by atoms with Crippen LogP contribution in [0.2, 0.25) is 10.0 Å². The van der Waals surface area contributed by atoms with E-state index in [2.05, 4.69) is 10.5 Å². The number of anilines is 1. The minimum Gasteiger partial charge on any atom is -0.489 e. The van der Waals surface area contributed by atoms with Crippen LogP contribution in [0.15, 0.2) is 47.0 Å². The van der Waals surface area contributed by atoms with Crippen LogP contribution in [0.4, 0.5) is 5.69 Å². The number of hydrogen-bond acceptors (Lipinski definition) is 4. The van der Waals surface area contributed by atoms with Gasteiger partial charge in [0, 0.05) is 0 Å². The lowest BCUT2D eigenvalue weighted by molar-refractivity contribution is 0.101. The molecule has 0 aliphatic rings. The zero-order chi connectivity index (χ0) is 18.7. The van der Waals surface area contributed by atoms with Crippen molar-refractivity contribution < 1.29 is 14.1 Å². The first-order valence-electron chi connectivity index (χ1n) is 7.85. The van der Waals surface area contributed by atoms with Crippen LogP contribution >= 0.6 is 23.2 Å². The monoisotopic (exact) mass is 390 g/mol. The molecule has 0 bridgehead atoms. The molecule has 0 unspecified atom stereocenters. The number of carbonyl (C=O) groups is 1. The van der Waals surface area contributed by atoms with E-state index in [9.17, 15) is 4.79 Å². The van der Waals surface area contributed by atoms with Crippen LogP contribution in [0.1, 0.15) is 27.4 Å². The van der Waals surface area contributed by atoms with Crippen molar-refractivity contribution in [1.82, 2.24) is 5.16 Å². The average Bonchev–Trinajstić information content (AvgIpc) is 2.98. The van der Waals surface area contributed by atoms with Gasteiger partial charge in [0.05, 0.1) is 21.3 Å². The maximum atomic E-state index is 12.6. The number of carbonyl (C=O) groups excluding carboxylic acids is 1. The third-order valence-electron chi connectivity index (χ3n) is 3.77. The number of aryl methyl sites for hydroxylation is 2. The number of rotatable bonds is 5. The van der Waals surface area contributed by atoms with E-state index in [0.29, 0.717) is 27.8 Å². The van der Waals surface area contributed by atoms with Gasteiger partial charge in [-0.1, -0.05) is 46.6 Å². The van der Waals surface area contributed by atoms with Gasteiger partial charge in [0.15, 0.2) is 5.69 Å². The van der Waals surface area contributed by atoms with Crippen LogP contribution in [0, 0.1) is 13.8 Å². The van der Waals surface area contributed by atoms with E-state index >= 15 is 0 Å². The molecule has 26 heavy (non-hydrogen) atoms. The number of benzene rings is 2. The predicted octanol–water partition coefficient (Wildman–Crippen LogP) is 5.43. The van der Waals surface area contributed by atoms with E-state index in [1.165, 1.54) is 0 Å². The van der Waals surface area contributed by atoms with Crippen molar-refractivity contribution in [1.29, 1.82) is 0 Å². The fourth-order valence-corrected chi connectivity index (χ4v) is 2.73. The molecule has 0 fully saturated rings. The molecule has 0 radical (unpaired) electrons. The van der Waals surface area contributed by atoms with Gasteiger partial charge in [-0.25, -0.2) is 0 Å². The molecule has 0 aliphatic carbocycles. The van der Waals surface area contributed by atoms with E-state index in [1.54, 1.807) is 25.1 Å². The number of hydrogen-bond donors (Lipinski definition) is 1. The number of aromatic nitrogens is 1. The number of ether oxygens (including phenoxy) is 1. The molecule has 0 atom stereocenters. The molecule has 1 aromatic heterocycles. The van der Waals surface area contributed by atoms with Gasteiger partial charge in [-0.3, -0.25) is 4.79 Å². The van der Waals surface area contributed by atoms with E-state index in [4.69, 9.17) is 32.5 Å². The molecule has 7 heteroatoms. The Balaban J connectivity index is 1.78. The molecule has 0 spiro atoms. The Bertz CT molecular complexity index is 954. The fourth-order valence-electron chi connectivity index (χ4n) is 2.38. The quantitative estimate of drug-likeness (QED) is 0.630. The maximum Gasteiger partial charge on any atom is 0.278 e. The topological polar surface area (TPSA) is 64.4 Å². The minimum atomic E-state index is -0.450. The second-order valence-electron chi connectivity index (χ2n) is 5.73. The highest BCUT2D eigenvalue weighted by molar-refractivity contribution is 6.44. The summed E-state index contributed by atoms with van der Waals surface area (Å²) in [5.41, 5.74) is 2.20. The molecule has 3 aromatic rings. The number of nitrogens with zero attached hydrogens (tertiary/aromatic N) is 1. The van der Waals surface area contributed by atoms with Gasteiger partial charge in [0.25, 0.3) is 5.91 Å². The third kappa shape index (κ3) is 4.00. The summed E-state index contributed by atoms with van der Waals surface area (Å²) in [6.07, 6.45) is 0. The van der Waals surface area contributed by atoms with Gasteiger partial charge in [-0.05, 0) is 43.7 Å². The standard InChI is InChI=1S/C19H16Cl2N2O3/c1-11-5-3-6-13(9-11)25-10-14-12(2)26-23-18(14)19(24)22-16-8-4-7-15(20)17(16)21/h3-9H,10H2,1-2H3,(H,22,24). The van der Waals surface area contributed by atoms with Crippen molar-refractivity contribution in [3.05, 3.63) is 75.1 Å². The zero-order valence-electron chi connectivity index (χ0n) is 14.2. The Morgan fingerprint density at radius 1 is 1.19 bits per heavy atom. The molecular weight excluding hydrogens is 375 g/mol. The third-order valence-corrected chi connectivity index (χ3v) is 4.59. The number of amides is 1. The molecule has 2 aromatic carbocycles. The molecule has 0 aliphatic heterocycles. The Labute approximate surface area is 160 Å². The van der Waals surface area contributed by atoms with E-state index < -0.39 is 5.91 Å². The molecule has 5 nitrogen and oxygen atoms in total. The highest BCUT2D eigenvalue weighted by atomic mass is 35.5. The summed E-state index contributed by atoms with van der Waals surface area (Å²) in [5, 5.41) is 7.16. The normalized spacial score (nSPS) is 10.6. The first-order chi connectivity index (χ1) is 12.5. The summed E-state index contributed by atoms with van der Waals surface area (Å²) in [4.78, 5) is 12.6. The van der Waals surface area contributed by atoms with Crippen LogP contribution in [-0.2, 0) is 6.61 Å². The van der Waals surface area contributed by atoms with Gasteiger partial charge in [-0.2, -0.15) is 0 Å². The van der Waals surface area contributed by atoms with Crippen molar-refractivity contribution in [2.75, 3.05) is 5.32 Å². The zero-order valence-corrected chi connectivity index (χ0v) is 15.7. The van der Waals surface area contributed by atoms with Crippen molar-refractivity contribution in [2.24, 2.45) is 0 Å². The minimum absolute atomic E-state index is 0.145. The van der Waals surface area contributed by atoms with Crippen molar-refractivity contribution in [3.8, 4) is 5.75 Å². The molecule has 0 saturated carbocycles. The Morgan fingerprint density at radius 3 is 2.73 bits per heavy atom. The fraction of sp³-hybridized carbons (Fsp3) is 0.158. The molecule has 1 N–H and O–H groups in total. The van der Waals surface area contributed by atoms with Crippen LogP contribution < -0.4 is 10.1 Å². The second kappa shape index (κ2) is 7.81. The van der Waals surface area contributed by atoms with Gasteiger partial charge in [-0.15, -0.1) is 0 Å². The number of nitrogens with one attached hydrogen (secondary N) is 1. The Morgan fingerprint density at radius 2 is 1.96 bits per heavy atom. The Hall–Kier alpha value is -2.50. The molecule has 134 valence electrons. The molecule has 1 amide bonds. The molecule has 0 saturated heterocycles. The van der Waals surface area contributed by atoms with Gasteiger partial charge >= 0.3 is 0 Å². The highest BCUT2D eigenvalue weighted by Crippen LogP contribution is 2.30. The van der Waals surface area contributed by atoms with Crippen molar-refractivity contribution in [2.45, 2.75) is 20.5 Å². The average molecular weight is 391 g/mol. The van der Waals surface area contributed by atoms with Crippen molar-refractivity contribution >= 4 is 34.8 Å². The summed E-state index contributed by atoms with van der Waals surface area (Å²) in [5.74, 6) is 0.767. The van der Waals surface area contributed by atoms with Crippen LogP contribution in [0.5, 0.6) is 5.75 Å². The maximum absolute atomic E-state index is 12.6. The van der Waals surface area contributed by atoms with Crippen LogP contribution in [0.3, 0.4) is 0 Å². The van der Waals surface area contributed by atoms with E-state index in [1.807, 2.05) is 31.2 Å². The lowest BCUT2D eigenvalue weighted by atomic mass is 10.2. The smallest absolute Gasteiger partial charge is 0.278 e.